The second-order valence-corrected chi connectivity index (χ2v) is 4.97. The number of aromatic amines is 1. The van der Waals surface area contributed by atoms with E-state index < -0.39 is 5.97 Å². The first-order valence-electron chi connectivity index (χ1n) is 5.94. The lowest BCUT2D eigenvalue weighted by molar-refractivity contribution is -0.136. The van der Waals surface area contributed by atoms with Gasteiger partial charge in [-0.1, -0.05) is 17.7 Å². The number of halogens is 1. The Bertz CT molecular complexity index is 719. The van der Waals surface area contributed by atoms with Gasteiger partial charge in [0, 0.05) is 17.7 Å². The van der Waals surface area contributed by atoms with Gasteiger partial charge in [-0.05, 0) is 31.9 Å². The van der Waals surface area contributed by atoms with Gasteiger partial charge in [0.1, 0.15) is 0 Å². The second kappa shape index (κ2) is 5.05. The third-order valence-corrected chi connectivity index (χ3v) is 3.53. The number of nitrogens with one attached hydrogen (secondary N) is 1. The van der Waals surface area contributed by atoms with Crippen molar-refractivity contribution >= 4 is 28.5 Å². The van der Waals surface area contributed by atoms with E-state index in [2.05, 4.69) is 4.98 Å². The molecule has 0 atom stereocenters. The fourth-order valence-electron chi connectivity index (χ4n) is 2.18. The first-order valence-corrected chi connectivity index (χ1v) is 6.32. The molecule has 4 nitrogen and oxygen atoms in total. The molecule has 2 aromatic rings. The molecule has 0 saturated heterocycles. The van der Waals surface area contributed by atoms with Crippen LogP contribution in [-0.2, 0) is 11.2 Å². The fraction of sp³-hybridized carbons (Fsp3) is 0.286. The number of rotatable bonds is 3. The predicted octanol–water partition coefficient (Wildman–Crippen LogP) is 2.82. The van der Waals surface area contributed by atoms with Crippen molar-refractivity contribution in [1.82, 2.24) is 4.98 Å². The van der Waals surface area contributed by atoms with Crippen LogP contribution in [-0.4, -0.2) is 16.1 Å². The highest BCUT2D eigenvalue weighted by Gasteiger charge is 2.14. The van der Waals surface area contributed by atoms with E-state index in [1.165, 1.54) is 0 Å². The monoisotopic (exact) mass is 279 g/mol. The Morgan fingerprint density at radius 2 is 2.05 bits per heavy atom. The lowest BCUT2D eigenvalue weighted by Gasteiger charge is -2.10. The van der Waals surface area contributed by atoms with E-state index in [0.29, 0.717) is 27.2 Å². The molecule has 0 aliphatic heterocycles. The number of hydrogen-bond donors (Lipinski definition) is 2. The van der Waals surface area contributed by atoms with Crippen molar-refractivity contribution in [3.05, 3.63) is 44.2 Å². The molecular weight excluding hydrogens is 266 g/mol. The number of carboxylic acid groups (broad SMARTS) is 1. The molecule has 0 bridgehead atoms. The molecule has 100 valence electrons. The smallest absolute Gasteiger partial charge is 0.303 e. The Labute approximate surface area is 115 Å². The third kappa shape index (κ3) is 2.49. The quantitative estimate of drug-likeness (QED) is 0.907. The van der Waals surface area contributed by atoms with E-state index in [-0.39, 0.29) is 18.3 Å². The number of aliphatic carboxylic acids is 1. The Kier molecular flexibility index (Phi) is 3.62. The number of carbonyl (C=O) groups is 1. The number of carboxylic acids is 1. The Morgan fingerprint density at radius 1 is 1.37 bits per heavy atom. The summed E-state index contributed by atoms with van der Waals surface area (Å²) in [6.07, 6.45) is 0.134. The van der Waals surface area contributed by atoms with Crippen LogP contribution in [0.25, 0.3) is 10.9 Å². The maximum absolute atomic E-state index is 12.4. The van der Waals surface area contributed by atoms with Crippen LogP contribution in [0.4, 0.5) is 0 Å². The molecule has 0 spiro atoms. The fourth-order valence-corrected chi connectivity index (χ4v) is 2.42. The SMILES string of the molecule is Cc1[nH]c2c(C)ccc(Cl)c2c(=O)c1CCC(=O)O. The largest absolute Gasteiger partial charge is 0.481 e. The molecule has 0 aliphatic rings. The van der Waals surface area contributed by atoms with Crippen LogP contribution in [0, 0.1) is 13.8 Å². The van der Waals surface area contributed by atoms with E-state index in [0.717, 1.165) is 5.56 Å². The highest BCUT2D eigenvalue weighted by atomic mass is 35.5. The summed E-state index contributed by atoms with van der Waals surface area (Å²) < 4.78 is 0. The van der Waals surface area contributed by atoms with Gasteiger partial charge >= 0.3 is 5.97 Å². The van der Waals surface area contributed by atoms with Gasteiger partial charge in [0.25, 0.3) is 0 Å². The summed E-state index contributed by atoms with van der Waals surface area (Å²) in [5, 5.41) is 9.56. The topological polar surface area (TPSA) is 70.2 Å². The molecule has 19 heavy (non-hydrogen) atoms. The van der Waals surface area contributed by atoms with Crippen molar-refractivity contribution in [3.8, 4) is 0 Å². The minimum absolute atomic E-state index is 0.0706. The zero-order chi connectivity index (χ0) is 14.2. The van der Waals surface area contributed by atoms with E-state index >= 15 is 0 Å². The predicted molar refractivity (Wildman–Crippen MR) is 75.0 cm³/mol. The van der Waals surface area contributed by atoms with Gasteiger partial charge in [-0.3, -0.25) is 9.59 Å². The third-order valence-electron chi connectivity index (χ3n) is 3.22. The zero-order valence-corrected chi connectivity index (χ0v) is 11.5. The normalized spacial score (nSPS) is 10.9. The van der Waals surface area contributed by atoms with E-state index in [1.807, 2.05) is 13.0 Å². The van der Waals surface area contributed by atoms with Gasteiger partial charge in [-0.2, -0.15) is 0 Å². The Balaban J connectivity index is 2.71. The van der Waals surface area contributed by atoms with Crippen LogP contribution < -0.4 is 5.43 Å². The van der Waals surface area contributed by atoms with Gasteiger partial charge < -0.3 is 10.1 Å². The molecule has 1 aromatic heterocycles. The molecule has 0 radical (unpaired) electrons. The number of benzene rings is 1. The summed E-state index contributed by atoms with van der Waals surface area (Å²) in [7, 11) is 0. The summed E-state index contributed by atoms with van der Waals surface area (Å²) in [6, 6.07) is 3.53. The zero-order valence-electron chi connectivity index (χ0n) is 10.7. The lowest BCUT2D eigenvalue weighted by atomic mass is 10.0. The van der Waals surface area contributed by atoms with Crippen LogP contribution >= 0.6 is 11.6 Å². The van der Waals surface area contributed by atoms with E-state index in [9.17, 15) is 9.59 Å². The maximum atomic E-state index is 12.4. The van der Waals surface area contributed by atoms with E-state index in [4.69, 9.17) is 16.7 Å². The molecule has 0 saturated carbocycles. The molecule has 0 aliphatic carbocycles. The number of fused-ring (bicyclic) bond motifs is 1. The molecule has 0 fully saturated rings. The van der Waals surface area contributed by atoms with Crippen molar-refractivity contribution in [2.75, 3.05) is 0 Å². The summed E-state index contributed by atoms with van der Waals surface area (Å²) >= 11 is 6.08. The number of pyridine rings is 1. The molecular formula is C14H14ClNO3. The van der Waals surface area contributed by atoms with Gasteiger partial charge in [-0.25, -0.2) is 0 Å². The second-order valence-electron chi connectivity index (χ2n) is 4.57. The van der Waals surface area contributed by atoms with Crippen LogP contribution in [0.5, 0.6) is 0 Å². The van der Waals surface area contributed by atoms with Crippen molar-refractivity contribution in [3.63, 3.8) is 0 Å². The summed E-state index contributed by atoms with van der Waals surface area (Å²) in [4.78, 5) is 26.2. The minimum Gasteiger partial charge on any atom is -0.481 e. The van der Waals surface area contributed by atoms with Gasteiger partial charge in [0.2, 0.25) is 0 Å². The van der Waals surface area contributed by atoms with Gasteiger partial charge in [-0.15, -0.1) is 0 Å². The number of H-pyrrole nitrogens is 1. The molecule has 5 heteroatoms. The highest BCUT2D eigenvalue weighted by molar-refractivity contribution is 6.35. The average molecular weight is 280 g/mol. The molecule has 2 N–H and O–H groups in total. The van der Waals surface area contributed by atoms with Crippen LogP contribution in [0.2, 0.25) is 5.02 Å². The molecule has 0 amide bonds. The molecule has 1 heterocycles. The molecule has 2 rings (SSSR count). The molecule has 1 aromatic carbocycles. The number of aryl methyl sites for hydroxylation is 2. The standard InChI is InChI=1S/C14H14ClNO3/c1-7-3-5-10(15)12-13(7)16-8(2)9(14(12)19)4-6-11(17)18/h3,5H,4,6H2,1-2H3,(H,16,19)(H,17,18). The van der Waals surface area contributed by atoms with Gasteiger partial charge in [0.05, 0.1) is 15.9 Å². The summed E-state index contributed by atoms with van der Waals surface area (Å²) in [5.74, 6) is -0.922. The van der Waals surface area contributed by atoms with Crippen LogP contribution in [0.1, 0.15) is 23.2 Å². The average Bonchev–Trinajstić information content (AvgIpc) is 2.33. The summed E-state index contributed by atoms with van der Waals surface area (Å²) in [5.41, 5.74) is 2.66. The van der Waals surface area contributed by atoms with Crippen molar-refractivity contribution in [2.24, 2.45) is 0 Å². The molecule has 0 unspecified atom stereocenters. The van der Waals surface area contributed by atoms with Crippen LogP contribution in [0.15, 0.2) is 16.9 Å². The highest BCUT2D eigenvalue weighted by Crippen LogP contribution is 2.23. The summed E-state index contributed by atoms with van der Waals surface area (Å²) in [6.45, 7) is 3.67. The van der Waals surface area contributed by atoms with Crippen LogP contribution in [0.3, 0.4) is 0 Å². The first kappa shape index (κ1) is 13.6. The van der Waals surface area contributed by atoms with Crippen molar-refractivity contribution < 1.29 is 9.90 Å². The van der Waals surface area contributed by atoms with Crippen molar-refractivity contribution in [1.29, 1.82) is 0 Å². The first-order chi connectivity index (χ1) is 8.91. The van der Waals surface area contributed by atoms with Gasteiger partial charge in [0.15, 0.2) is 5.43 Å². The number of aromatic nitrogens is 1. The Morgan fingerprint density at radius 3 is 2.68 bits per heavy atom. The number of hydrogen-bond acceptors (Lipinski definition) is 2. The minimum atomic E-state index is -0.922. The Hall–Kier alpha value is -1.81. The van der Waals surface area contributed by atoms with Crippen molar-refractivity contribution in [2.45, 2.75) is 26.7 Å². The lowest BCUT2D eigenvalue weighted by Crippen LogP contribution is -2.15. The maximum Gasteiger partial charge on any atom is 0.303 e. The van der Waals surface area contributed by atoms with E-state index in [1.54, 1.807) is 13.0 Å².